The van der Waals surface area contributed by atoms with Crippen LogP contribution in [0.1, 0.15) is 51.8 Å². The van der Waals surface area contributed by atoms with Crippen molar-refractivity contribution < 1.29 is 9.31 Å². The van der Waals surface area contributed by atoms with E-state index in [0.29, 0.717) is 0 Å². The highest BCUT2D eigenvalue weighted by Gasteiger charge is 2.50. The first kappa shape index (κ1) is 14.8. The van der Waals surface area contributed by atoms with E-state index in [1.165, 1.54) is 0 Å². The van der Waals surface area contributed by atoms with E-state index in [2.05, 4.69) is 4.98 Å². The fourth-order valence-corrected chi connectivity index (χ4v) is 2.35. The van der Waals surface area contributed by atoms with Gasteiger partial charge in [0, 0.05) is 6.20 Å². The molecule has 2 heterocycles. The second kappa shape index (κ2) is 4.67. The molecule has 1 aromatic rings. The Balaban J connectivity index is 1.67. The molecule has 1 saturated carbocycles. The number of hydrogen-bond acceptors (Lipinski definition) is 4. The van der Waals surface area contributed by atoms with Gasteiger partial charge in [0.15, 0.2) is 0 Å². The molecule has 3 rings (SSSR count). The lowest BCUT2D eigenvalue weighted by Crippen LogP contribution is -2.41. The van der Waals surface area contributed by atoms with E-state index in [1.807, 2.05) is 58.1 Å². The maximum atomic E-state index is 6.13. The minimum Gasteiger partial charge on any atom is -0.400 e. The van der Waals surface area contributed by atoms with Gasteiger partial charge < -0.3 is 15.0 Å². The molecule has 2 N–H and O–H groups in total. The summed E-state index contributed by atoms with van der Waals surface area (Å²) in [6, 6.07) is 4.05. The fraction of sp³-hybridized carbons (Fsp3) is 0.562. The van der Waals surface area contributed by atoms with Crippen LogP contribution in [0, 0.1) is 0 Å². The second-order valence-corrected chi connectivity index (χ2v) is 7.12. The molecule has 0 amide bonds. The molecule has 0 aromatic carbocycles. The highest BCUT2D eigenvalue weighted by Crippen LogP contribution is 2.41. The van der Waals surface area contributed by atoms with Crippen LogP contribution in [0.2, 0.25) is 0 Å². The number of nitrogens with two attached hydrogens (primary N) is 1. The van der Waals surface area contributed by atoms with Gasteiger partial charge in [-0.25, -0.2) is 0 Å². The third-order valence-corrected chi connectivity index (χ3v) is 4.80. The molecule has 2 aliphatic rings. The van der Waals surface area contributed by atoms with Crippen LogP contribution in [0.15, 0.2) is 24.3 Å². The van der Waals surface area contributed by atoms with Gasteiger partial charge in [-0.2, -0.15) is 0 Å². The van der Waals surface area contributed by atoms with Crippen LogP contribution in [0.5, 0.6) is 0 Å². The van der Waals surface area contributed by atoms with Crippen LogP contribution in [-0.4, -0.2) is 23.3 Å². The Kier molecular flexibility index (Phi) is 3.28. The summed E-state index contributed by atoms with van der Waals surface area (Å²) in [6.45, 7) is 8.20. The molecule has 112 valence electrons. The monoisotopic (exact) mass is 286 g/mol. The number of hydrogen-bond donors (Lipinski definition) is 1. The Morgan fingerprint density at radius 1 is 1.14 bits per heavy atom. The quantitative estimate of drug-likeness (QED) is 0.868. The molecular weight excluding hydrogens is 263 g/mol. The van der Waals surface area contributed by atoms with Gasteiger partial charge in [-0.15, -0.1) is 0 Å². The first-order valence-electron chi connectivity index (χ1n) is 7.51. The summed E-state index contributed by atoms with van der Waals surface area (Å²) in [4.78, 5) is 4.46. The molecule has 0 atom stereocenters. The lowest BCUT2D eigenvalue weighted by molar-refractivity contribution is 0.00578. The van der Waals surface area contributed by atoms with E-state index in [0.717, 1.165) is 24.1 Å². The summed E-state index contributed by atoms with van der Waals surface area (Å²) in [5, 5.41) is 0. The van der Waals surface area contributed by atoms with Gasteiger partial charge in [0.25, 0.3) is 0 Å². The van der Waals surface area contributed by atoms with Crippen LogP contribution in [0.3, 0.4) is 0 Å². The van der Waals surface area contributed by atoms with Gasteiger partial charge in [0.1, 0.15) is 0 Å². The van der Waals surface area contributed by atoms with Gasteiger partial charge in [-0.1, -0.05) is 18.1 Å². The normalized spacial score (nSPS) is 25.5. The largest absolute Gasteiger partial charge is 0.487 e. The van der Waals surface area contributed by atoms with Crippen molar-refractivity contribution in [2.45, 2.75) is 57.3 Å². The third kappa shape index (κ3) is 2.78. The lowest BCUT2D eigenvalue weighted by Gasteiger charge is -2.32. The third-order valence-electron chi connectivity index (χ3n) is 4.80. The van der Waals surface area contributed by atoms with Gasteiger partial charge in [0.2, 0.25) is 0 Å². The summed E-state index contributed by atoms with van der Waals surface area (Å²) < 4.78 is 11.8. The molecule has 2 fully saturated rings. The molecule has 0 bridgehead atoms. The number of rotatable bonds is 3. The lowest BCUT2D eigenvalue weighted by atomic mass is 9.89. The van der Waals surface area contributed by atoms with Gasteiger partial charge in [-0.3, -0.25) is 4.98 Å². The predicted molar refractivity (Wildman–Crippen MR) is 84.5 cm³/mol. The molecule has 21 heavy (non-hydrogen) atoms. The topological polar surface area (TPSA) is 57.4 Å². The average molecular weight is 286 g/mol. The van der Waals surface area contributed by atoms with E-state index in [4.69, 9.17) is 15.0 Å². The van der Waals surface area contributed by atoms with Crippen molar-refractivity contribution in [1.82, 2.24) is 4.98 Å². The summed E-state index contributed by atoms with van der Waals surface area (Å²) in [5.74, 6) is 1.93. The average Bonchev–Trinajstić information content (AvgIpc) is 3.10. The Morgan fingerprint density at radius 2 is 1.76 bits per heavy atom. The van der Waals surface area contributed by atoms with Crippen molar-refractivity contribution in [2.75, 3.05) is 0 Å². The van der Waals surface area contributed by atoms with Crippen molar-refractivity contribution in [3.8, 4) is 0 Å². The van der Waals surface area contributed by atoms with Gasteiger partial charge >= 0.3 is 7.12 Å². The maximum absolute atomic E-state index is 6.13. The molecule has 4 nitrogen and oxygen atoms in total. The molecule has 1 aliphatic carbocycles. The minimum atomic E-state index is -0.320. The highest BCUT2D eigenvalue weighted by atomic mass is 16.7. The van der Waals surface area contributed by atoms with Crippen molar-refractivity contribution in [3.63, 3.8) is 0 Å². The van der Waals surface area contributed by atoms with Crippen molar-refractivity contribution in [1.29, 1.82) is 0 Å². The molecule has 5 heteroatoms. The van der Waals surface area contributed by atoms with E-state index < -0.39 is 0 Å². The van der Waals surface area contributed by atoms with E-state index in [9.17, 15) is 0 Å². The minimum absolute atomic E-state index is 0.173. The maximum Gasteiger partial charge on any atom is 0.487 e. The Labute approximate surface area is 126 Å². The smallest absolute Gasteiger partial charge is 0.400 e. The van der Waals surface area contributed by atoms with Gasteiger partial charge in [-0.05, 0) is 52.2 Å². The van der Waals surface area contributed by atoms with Crippen LogP contribution in [0.25, 0.3) is 6.08 Å². The SMILES string of the molecule is CC1(C)OB(/C=C/c2ccc(C3(N)CC3)nc2)OC1(C)C. The second-order valence-electron chi connectivity index (χ2n) is 7.12. The first-order chi connectivity index (χ1) is 9.72. The zero-order chi connectivity index (χ0) is 15.3. The van der Waals surface area contributed by atoms with Crippen LogP contribution in [-0.2, 0) is 14.8 Å². The Hall–Kier alpha value is -1.17. The molecule has 1 aliphatic heterocycles. The van der Waals surface area contributed by atoms with Crippen molar-refractivity contribution in [2.24, 2.45) is 5.73 Å². The van der Waals surface area contributed by atoms with Crippen LogP contribution < -0.4 is 5.73 Å². The van der Waals surface area contributed by atoms with Crippen molar-refractivity contribution in [3.05, 3.63) is 35.6 Å². The molecular formula is C16H23BN2O2. The molecule has 1 saturated heterocycles. The Bertz CT molecular complexity index is 546. The van der Waals surface area contributed by atoms with E-state index in [-0.39, 0.29) is 23.9 Å². The van der Waals surface area contributed by atoms with Crippen molar-refractivity contribution >= 4 is 13.2 Å². The van der Waals surface area contributed by atoms with Crippen LogP contribution in [0.4, 0.5) is 0 Å². The standard InChI is InChI=1S/C16H23BN2O2/c1-14(2)15(3,4)21-17(20-14)10-7-12-5-6-13(19-11-12)16(18)8-9-16/h5-7,10-11H,8-9,18H2,1-4H3/b10-7+. The fourth-order valence-electron chi connectivity index (χ4n) is 2.35. The predicted octanol–water partition coefficient (Wildman–Crippen LogP) is 2.67. The summed E-state index contributed by atoms with van der Waals surface area (Å²) >= 11 is 0. The van der Waals surface area contributed by atoms with E-state index >= 15 is 0 Å². The van der Waals surface area contributed by atoms with Crippen LogP contribution >= 0.6 is 0 Å². The zero-order valence-electron chi connectivity index (χ0n) is 13.2. The van der Waals surface area contributed by atoms with Gasteiger partial charge in [0.05, 0.1) is 22.4 Å². The molecule has 0 radical (unpaired) electrons. The summed E-state index contributed by atoms with van der Waals surface area (Å²) in [6.07, 6.45) is 5.89. The van der Waals surface area contributed by atoms with E-state index in [1.54, 1.807) is 0 Å². The Morgan fingerprint density at radius 3 is 2.24 bits per heavy atom. The molecule has 0 unspecified atom stereocenters. The molecule has 1 aromatic heterocycles. The summed E-state index contributed by atoms with van der Waals surface area (Å²) in [7, 11) is -0.320. The zero-order valence-corrected chi connectivity index (χ0v) is 13.2. The number of aromatic nitrogens is 1. The first-order valence-corrected chi connectivity index (χ1v) is 7.51. The number of nitrogens with zero attached hydrogens (tertiary/aromatic N) is 1. The molecule has 0 spiro atoms. The number of pyridine rings is 1. The highest BCUT2D eigenvalue weighted by molar-refractivity contribution is 6.52. The summed E-state index contributed by atoms with van der Waals surface area (Å²) in [5.41, 5.74) is 7.36.